The lowest BCUT2D eigenvalue weighted by atomic mass is 10.1. The van der Waals surface area contributed by atoms with E-state index in [4.69, 9.17) is 0 Å². The molecule has 3 aromatic rings. The Labute approximate surface area is 186 Å². The number of anilines is 2. The molecule has 0 aliphatic heterocycles. The molecule has 2 aromatic carbocycles. The molecule has 158 valence electrons. The third-order valence-corrected chi connectivity index (χ3v) is 6.82. The second-order valence-corrected chi connectivity index (χ2v) is 8.92. The Kier molecular flexibility index (Phi) is 6.67. The number of hydrogen-bond acceptors (Lipinski definition) is 4. The Balaban J connectivity index is 1.50. The Morgan fingerprint density at radius 3 is 2.26 bits per heavy atom. The van der Waals surface area contributed by atoms with Gasteiger partial charge in [0, 0.05) is 28.4 Å². The van der Waals surface area contributed by atoms with Crippen molar-refractivity contribution < 1.29 is 9.59 Å². The number of carbonyl (C=O) groups excluding carboxylic acids is 2. The number of amides is 2. The number of aromatic nitrogens is 1. The van der Waals surface area contributed by atoms with Crippen molar-refractivity contribution in [3.05, 3.63) is 83.6 Å². The van der Waals surface area contributed by atoms with Crippen LogP contribution in [0.5, 0.6) is 0 Å². The number of benzene rings is 2. The Morgan fingerprint density at radius 2 is 1.55 bits per heavy atom. The molecule has 1 heterocycles. The van der Waals surface area contributed by atoms with Crippen molar-refractivity contribution >= 4 is 35.0 Å². The third kappa shape index (κ3) is 5.14. The lowest BCUT2D eigenvalue weighted by Crippen LogP contribution is -2.17. The molecule has 6 heteroatoms. The highest BCUT2D eigenvalue weighted by atomic mass is 32.2. The number of nitrogens with one attached hydrogen (secondary N) is 2. The van der Waals surface area contributed by atoms with Gasteiger partial charge in [-0.1, -0.05) is 37.1 Å². The second kappa shape index (κ2) is 9.79. The summed E-state index contributed by atoms with van der Waals surface area (Å²) >= 11 is 1.70. The highest BCUT2D eigenvalue weighted by Crippen LogP contribution is 2.35. The van der Waals surface area contributed by atoms with Crippen LogP contribution >= 0.6 is 11.8 Å². The van der Waals surface area contributed by atoms with E-state index in [-0.39, 0.29) is 11.8 Å². The Bertz CT molecular complexity index is 1080. The molecule has 1 aromatic heterocycles. The normalized spacial score (nSPS) is 13.7. The van der Waals surface area contributed by atoms with E-state index < -0.39 is 0 Å². The van der Waals surface area contributed by atoms with E-state index in [2.05, 4.69) is 15.6 Å². The van der Waals surface area contributed by atoms with Crippen LogP contribution < -0.4 is 10.6 Å². The molecule has 0 atom stereocenters. The Hall–Kier alpha value is -3.12. The first-order chi connectivity index (χ1) is 15.1. The molecule has 2 amide bonds. The van der Waals surface area contributed by atoms with Gasteiger partial charge in [-0.25, -0.2) is 4.98 Å². The minimum atomic E-state index is -0.191. The van der Waals surface area contributed by atoms with Gasteiger partial charge in [-0.3, -0.25) is 9.59 Å². The minimum absolute atomic E-state index is 0.185. The third-order valence-electron chi connectivity index (χ3n) is 5.46. The van der Waals surface area contributed by atoms with Crippen LogP contribution in [0.15, 0.2) is 71.9 Å². The van der Waals surface area contributed by atoms with Gasteiger partial charge in [0.25, 0.3) is 11.8 Å². The monoisotopic (exact) mass is 431 g/mol. The first-order valence-electron chi connectivity index (χ1n) is 10.5. The van der Waals surface area contributed by atoms with Gasteiger partial charge in [-0.05, 0) is 61.7 Å². The summed E-state index contributed by atoms with van der Waals surface area (Å²) in [6.45, 7) is 1.88. The van der Waals surface area contributed by atoms with Gasteiger partial charge in [0.1, 0.15) is 5.03 Å². The predicted octanol–water partition coefficient (Wildman–Crippen LogP) is 5.93. The van der Waals surface area contributed by atoms with Gasteiger partial charge in [-0.15, -0.1) is 11.8 Å². The average molecular weight is 432 g/mol. The summed E-state index contributed by atoms with van der Waals surface area (Å²) in [5, 5.41) is 7.24. The van der Waals surface area contributed by atoms with Crippen LogP contribution in [0, 0.1) is 6.92 Å². The fourth-order valence-electron chi connectivity index (χ4n) is 3.70. The highest BCUT2D eigenvalue weighted by Gasteiger charge is 2.21. The molecule has 1 fully saturated rings. The summed E-state index contributed by atoms with van der Waals surface area (Å²) in [6, 6.07) is 18.2. The summed E-state index contributed by atoms with van der Waals surface area (Å²) < 4.78 is 0. The molecule has 31 heavy (non-hydrogen) atoms. The first-order valence-corrected chi connectivity index (χ1v) is 11.4. The number of carbonyl (C=O) groups is 2. The first kappa shape index (κ1) is 21.1. The summed E-state index contributed by atoms with van der Waals surface area (Å²) in [7, 11) is 0. The molecular weight excluding hydrogens is 406 g/mol. The topological polar surface area (TPSA) is 71.1 Å². The van der Waals surface area contributed by atoms with Crippen LogP contribution in [0.25, 0.3) is 0 Å². The maximum Gasteiger partial charge on any atom is 0.258 e. The number of hydrogen-bond donors (Lipinski definition) is 2. The molecule has 0 unspecified atom stereocenters. The number of pyridine rings is 1. The van der Waals surface area contributed by atoms with Crippen molar-refractivity contribution in [1.82, 2.24) is 4.98 Å². The van der Waals surface area contributed by atoms with Crippen molar-refractivity contribution in [2.24, 2.45) is 0 Å². The van der Waals surface area contributed by atoms with E-state index in [0.29, 0.717) is 27.8 Å². The standard InChI is InChI=1S/C25H25N3O2S/c1-17-21(27-23(29)18-9-3-2-4-10-18)14-7-15-22(17)28-24(30)20-13-8-16-26-25(20)31-19-11-5-6-12-19/h2-4,7-10,13-16,19H,5-6,11-12H2,1H3,(H,27,29)(H,28,30). The molecule has 1 aliphatic carbocycles. The molecule has 1 saturated carbocycles. The largest absolute Gasteiger partial charge is 0.322 e. The summed E-state index contributed by atoms with van der Waals surface area (Å²) in [5.41, 5.74) is 3.29. The van der Waals surface area contributed by atoms with Gasteiger partial charge in [-0.2, -0.15) is 0 Å². The van der Waals surface area contributed by atoms with Crippen LogP contribution in [0.1, 0.15) is 52.0 Å². The van der Waals surface area contributed by atoms with Crippen LogP contribution in [0.2, 0.25) is 0 Å². The van der Waals surface area contributed by atoms with E-state index in [9.17, 15) is 9.59 Å². The molecule has 4 rings (SSSR count). The van der Waals surface area contributed by atoms with Crippen molar-refractivity contribution in [2.45, 2.75) is 42.9 Å². The quantitative estimate of drug-likeness (QED) is 0.507. The van der Waals surface area contributed by atoms with Crippen LogP contribution in [0.4, 0.5) is 11.4 Å². The maximum absolute atomic E-state index is 13.1. The van der Waals surface area contributed by atoms with Crippen molar-refractivity contribution in [3.8, 4) is 0 Å². The molecule has 2 N–H and O–H groups in total. The average Bonchev–Trinajstić information content (AvgIpc) is 3.30. The minimum Gasteiger partial charge on any atom is -0.322 e. The van der Waals surface area contributed by atoms with E-state index in [1.54, 1.807) is 36.2 Å². The zero-order valence-electron chi connectivity index (χ0n) is 17.4. The van der Waals surface area contributed by atoms with Crippen LogP contribution in [-0.4, -0.2) is 22.0 Å². The van der Waals surface area contributed by atoms with Gasteiger partial charge < -0.3 is 10.6 Å². The molecule has 1 aliphatic rings. The lowest BCUT2D eigenvalue weighted by molar-refractivity contribution is 0.101. The van der Waals surface area contributed by atoms with Crippen LogP contribution in [-0.2, 0) is 0 Å². The number of rotatable bonds is 6. The molecule has 0 radical (unpaired) electrons. The molecule has 5 nitrogen and oxygen atoms in total. The number of thioether (sulfide) groups is 1. The van der Waals surface area contributed by atoms with Gasteiger partial charge in [0.15, 0.2) is 0 Å². The SMILES string of the molecule is Cc1c(NC(=O)c2ccccc2)cccc1NC(=O)c1cccnc1SC1CCCC1. The summed E-state index contributed by atoms with van der Waals surface area (Å²) in [5.74, 6) is -0.377. The van der Waals surface area contributed by atoms with Crippen LogP contribution in [0.3, 0.4) is 0 Å². The summed E-state index contributed by atoms with van der Waals surface area (Å²) in [6.07, 6.45) is 6.56. The zero-order valence-corrected chi connectivity index (χ0v) is 18.2. The number of nitrogens with zero attached hydrogens (tertiary/aromatic N) is 1. The predicted molar refractivity (Wildman–Crippen MR) is 126 cm³/mol. The highest BCUT2D eigenvalue weighted by molar-refractivity contribution is 7.99. The van der Waals surface area contributed by atoms with Crippen molar-refractivity contribution in [1.29, 1.82) is 0 Å². The van der Waals surface area contributed by atoms with E-state index in [0.717, 1.165) is 10.6 Å². The van der Waals surface area contributed by atoms with Gasteiger partial charge >= 0.3 is 0 Å². The van der Waals surface area contributed by atoms with E-state index in [1.165, 1.54) is 25.7 Å². The van der Waals surface area contributed by atoms with E-state index >= 15 is 0 Å². The van der Waals surface area contributed by atoms with Gasteiger partial charge in [0.2, 0.25) is 0 Å². The fraction of sp³-hybridized carbons (Fsp3) is 0.240. The summed E-state index contributed by atoms with van der Waals surface area (Å²) in [4.78, 5) is 30.0. The van der Waals surface area contributed by atoms with Gasteiger partial charge in [0.05, 0.1) is 5.56 Å². The van der Waals surface area contributed by atoms with Crippen molar-refractivity contribution in [3.63, 3.8) is 0 Å². The molecular formula is C25H25N3O2S. The molecule has 0 bridgehead atoms. The maximum atomic E-state index is 13.1. The lowest BCUT2D eigenvalue weighted by Gasteiger charge is -2.15. The fourth-order valence-corrected chi connectivity index (χ4v) is 5.00. The molecule has 0 spiro atoms. The Morgan fingerprint density at radius 1 is 0.871 bits per heavy atom. The van der Waals surface area contributed by atoms with E-state index in [1.807, 2.05) is 49.4 Å². The second-order valence-electron chi connectivity index (χ2n) is 7.63. The molecule has 0 saturated heterocycles. The zero-order chi connectivity index (χ0) is 21.6. The smallest absolute Gasteiger partial charge is 0.258 e. The van der Waals surface area contributed by atoms with Crippen molar-refractivity contribution in [2.75, 3.05) is 10.6 Å².